The summed E-state index contributed by atoms with van der Waals surface area (Å²) in [7, 11) is 2.10. The number of carbonyl (C=O) groups is 1. The molecule has 0 aliphatic carbocycles. The molecule has 318 valence electrons. The molecule has 1 atom stereocenters. The zero-order valence-corrected chi connectivity index (χ0v) is 40.4. The van der Waals surface area contributed by atoms with E-state index >= 15 is 0 Å². The number of unbranched alkanes of at least 4 members (excludes halogenated alkanes) is 2. The zero-order valence-electron chi connectivity index (χ0n) is 38.9. The van der Waals surface area contributed by atoms with Gasteiger partial charge in [-0.3, -0.25) is 0 Å². The quantitative estimate of drug-likeness (QED) is 0.108. The van der Waals surface area contributed by atoms with Gasteiger partial charge >= 0.3 is 5.97 Å². The van der Waals surface area contributed by atoms with Gasteiger partial charge in [0.05, 0.1) is 6.61 Å². The Balaban J connectivity index is 0.00000171. The minimum atomic E-state index is -0.591. The van der Waals surface area contributed by atoms with Gasteiger partial charge in [0.15, 0.2) is 0 Å². The van der Waals surface area contributed by atoms with E-state index in [1.54, 1.807) is 0 Å². The fourth-order valence-corrected chi connectivity index (χ4v) is 6.48. The third-order valence-corrected chi connectivity index (χ3v) is 11.0. The van der Waals surface area contributed by atoms with Crippen molar-refractivity contribution in [2.75, 3.05) is 20.2 Å². The summed E-state index contributed by atoms with van der Waals surface area (Å²) >= 11 is 13.2. The molecule has 56 heavy (non-hydrogen) atoms. The number of hydrogen-bond donors (Lipinski definition) is 0. The summed E-state index contributed by atoms with van der Waals surface area (Å²) in [4.78, 5) is 15.7. The van der Waals surface area contributed by atoms with Crippen LogP contribution in [-0.4, -0.2) is 36.7 Å². The SMILES string of the molecule is CC/C(C(=O)OC(C)(C)C)=C(/CCCOc1cc(C)c(Cl)c(C)c1)c1ccc(Cl)c(C2=C(C)N(C)CC=C2C)c1C.CCCC.CCCC.CCCC(C)CC. The minimum Gasteiger partial charge on any atom is -0.494 e. The second kappa shape index (κ2) is 27.9. The summed E-state index contributed by atoms with van der Waals surface area (Å²) in [6, 6.07) is 7.93. The van der Waals surface area contributed by atoms with Crippen molar-refractivity contribution in [1.29, 1.82) is 0 Å². The van der Waals surface area contributed by atoms with Crippen molar-refractivity contribution >= 4 is 40.3 Å². The first-order chi connectivity index (χ1) is 26.3. The maximum atomic E-state index is 13.5. The van der Waals surface area contributed by atoms with E-state index in [1.807, 2.05) is 65.8 Å². The largest absolute Gasteiger partial charge is 0.494 e. The third-order valence-electron chi connectivity index (χ3n) is 10.1. The van der Waals surface area contributed by atoms with Crippen LogP contribution in [0.2, 0.25) is 10.0 Å². The van der Waals surface area contributed by atoms with Crippen LogP contribution in [0.25, 0.3) is 11.1 Å². The Morgan fingerprint density at radius 2 is 1.41 bits per heavy atom. The van der Waals surface area contributed by atoms with E-state index in [-0.39, 0.29) is 5.97 Å². The Hall–Kier alpha value is -2.69. The molecule has 2 aromatic rings. The lowest BCUT2D eigenvalue weighted by molar-refractivity contribution is -0.149. The Morgan fingerprint density at radius 3 is 1.86 bits per heavy atom. The fraction of sp³-hybridized carbons (Fsp3) is 0.620. The molecular formula is C50H81Cl2NO3. The number of hydrogen-bond acceptors (Lipinski definition) is 4. The average molecular weight is 815 g/mol. The molecule has 0 amide bonds. The van der Waals surface area contributed by atoms with Crippen LogP contribution in [0.3, 0.4) is 0 Å². The van der Waals surface area contributed by atoms with Crippen molar-refractivity contribution in [3.8, 4) is 5.75 Å². The van der Waals surface area contributed by atoms with E-state index in [0.29, 0.717) is 30.0 Å². The molecule has 6 heteroatoms. The molecule has 1 heterocycles. The number of allylic oxidation sites excluding steroid dienone is 4. The van der Waals surface area contributed by atoms with Crippen LogP contribution in [0, 0.1) is 26.7 Å². The summed E-state index contributed by atoms with van der Waals surface area (Å²) < 4.78 is 12.0. The standard InChI is InChI=1S/C35H45Cl2NO3.C7H16.2C4H10/c1-11-27(34(39)41-35(7,8)9)29(13-12-18-40-26-19-22(3)33(37)23(4)20-26)28-14-15-30(36)32(24(28)5)31-21(2)16-17-38(10)25(31)6;1-4-6-7(3)5-2;2*1-3-4-2/h14-16,19-20H,11-13,17-18H2,1-10H3;7H,4-6H2,1-3H3;2*3-4H2,1-2H3/b29-27+;;;. The highest BCUT2D eigenvalue weighted by molar-refractivity contribution is 6.33. The molecular weight excluding hydrogens is 733 g/mol. The van der Waals surface area contributed by atoms with Crippen molar-refractivity contribution in [3.63, 3.8) is 0 Å². The van der Waals surface area contributed by atoms with E-state index in [0.717, 1.165) is 68.6 Å². The Kier molecular flexibility index (Phi) is 26.5. The third kappa shape index (κ3) is 18.3. The molecule has 2 aromatic carbocycles. The predicted molar refractivity (Wildman–Crippen MR) is 249 cm³/mol. The van der Waals surface area contributed by atoms with Crippen molar-refractivity contribution in [2.24, 2.45) is 5.92 Å². The first kappa shape index (κ1) is 53.3. The predicted octanol–water partition coefficient (Wildman–Crippen LogP) is 16.4. The van der Waals surface area contributed by atoms with E-state index in [2.05, 4.69) is 87.3 Å². The molecule has 1 aliphatic rings. The van der Waals surface area contributed by atoms with E-state index in [4.69, 9.17) is 32.7 Å². The highest BCUT2D eigenvalue weighted by atomic mass is 35.5. The van der Waals surface area contributed by atoms with Crippen LogP contribution in [-0.2, 0) is 9.53 Å². The van der Waals surface area contributed by atoms with Gasteiger partial charge in [-0.25, -0.2) is 4.79 Å². The highest BCUT2D eigenvalue weighted by Crippen LogP contribution is 2.41. The lowest BCUT2D eigenvalue weighted by atomic mass is 9.84. The van der Waals surface area contributed by atoms with Crippen LogP contribution < -0.4 is 4.74 Å². The molecule has 0 saturated heterocycles. The zero-order chi connectivity index (χ0) is 43.2. The smallest absolute Gasteiger partial charge is 0.334 e. The number of nitrogens with zero attached hydrogens (tertiary/aromatic N) is 1. The van der Waals surface area contributed by atoms with E-state index in [1.165, 1.54) is 56.2 Å². The summed E-state index contributed by atoms with van der Waals surface area (Å²) in [5, 5.41) is 1.47. The van der Waals surface area contributed by atoms with Crippen LogP contribution in [0.4, 0.5) is 0 Å². The maximum absolute atomic E-state index is 13.5. The Morgan fingerprint density at radius 1 is 0.857 bits per heavy atom. The van der Waals surface area contributed by atoms with Crippen LogP contribution in [0.1, 0.15) is 182 Å². The second-order valence-corrected chi connectivity index (χ2v) is 17.0. The molecule has 0 spiro atoms. The van der Waals surface area contributed by atoms with Gasteiger partial charge in [0.1, 0.15) is 11.4 Å². The second-order valence-electron chi connectivity index (χ2n) is 16.3. The number of carbonyl (C=O) groups excluding carboxylic acids is 1. The summed E-state index contributed by atoms with van der Waals surface area (Å²) in [6.45, 7) is 35.0. The van der Waals surface area contributed by atoms with Crippen LogP contribution in [0.15, 0.2) is 47.2 Å². The number of rotatable bonds is 14. The first-order valence-electron chi connectivity index (χ1n) is 21.5. The van der Waals surface area contributed by atoms with Gasteiger partial charge in [0, 0.05) is 46.0 Å². The molecule has 1 aliphatic heterocycles. The van der Waals surface area contributed by atoms with Crippen molar-refractivity contribution in [3.05, 3.63) is 85.0 Å². The fourth-order valence-electron chi connectivity index (χ4n) is 6.07. The molecule has 3 rings (SSSR count). The summed E-state index contributed by atoms with van der Waals surface area (Å²) in [5.41, 5.74) is 9.70. The van der Waals surface area contributed by atoms with Gasteiger partial charge < -0.3 is 14.4 Å². The molecule has 0 fully saturated rings. The summed E-state index contributed by atoms with van der Waals surface area (Å²) in [5.74, 6) is 1.47. The van der Waals surface area contributed by atoms with Gasteiger partial charge in [0.2, 0.25) is 0 Å². The number of ether oxygens (including phenoxy) is 2. The normalized spacial score (nSPS) is 13.6. The number of likely N-dealkylation sites (N-methyl/N-ethyl adjacent to an activating group) is 1. The lowest BCUT2D eigenvalue weighted by Crippen LogP contribution is -2.25. The van der Waals surface area contributed by atoms with Crippen molar-refractivity contribution in [2.45, 2.75) is 181 Å². The highest BCUT2D eigenvalue weighted by Gasteiger charge is 2.26. The van der Waals surface area contributed by atoms with E-state index in [9.17, 15) is 4.79 Å². The minimum absolute atomic E-state index is 0.278. The molecule has 0 saturated carbocycles. The van der Waals surface area contributed by atoms with Gasteiger partial charge in [0.25, 0.3) is 0 Å². The number of aryl methyl sites for hydroxylation is 2. The molecule has 0 bridgehead atoms. The molecule has 4 nitrogen and oxygen atoms in total. The summed E-state index contributed by atoms with van der Waals surface area (Å²) in [6.07, 6.45) is 13.5. The van der Waals surface area contributed by atoms with E-state index < -0.39 is 5.60 Å². The Bertz CT molecular complexity index is 1550. The van der Waals surface area contributed by atoms with Crippen LogP contribution >= 0.6 is 23.2 Å². The topological polar surface area (TPSA) is 38.8 Å². The van der Waals surface area contributed by atoms with Gasteiger partial charge in [-0.1, -0.05) is 136 Å². The lowest BCUT2D eigenvalue weighted by Gasteiger charge is -2.30. The number of esters is 1. The number of halogens is 2. The van der Waals surface area contributed by atoms with Gasteiger partial charge in [-0.15, -0.1) is 0 Å². The first-order valence-corrected chi connectivity index (χ1v) is 22.3. The Labute approximate surface area is 355 Å². The molecule has 1 unspecified atom stereocenters. The molecule has 0 N–H and O–H groups in total. The number of benzene rings is 2. The van der Waals surface area contributed by atoms with Crippen molar-refractivity contribution in [1.82, 2.24) is 4.90 Å². The van der Waals surface area contributed by atoms with Crippen LogP contribution in [0.5, 0.6) is 5.75 Å². The molecule has 0 aromatic heterocycles. The average Bonchev–Trinajstić information content (AvgIpc) is 3.14. The monoisotopic (exact) mass is 814 g/mol. The maximum Gasteiger partial charge on any atom is 0.334 e. The molecule has 0 radical (unpaired) electrons. The van der Waals surface area contributed by atoms with Gasteiger partial charge in [-0.2, -0.15) is 0 Å². The van der Waals surface area contributed by atoms with Crippen molar-refractivity contribution < 1.29 is 14.3 Å². The van der Waals surface area contributed by atoms with Gasteiger partial charge in [-0.05, 0) is 132 Å².